The van der Waals surface area contributed by atoms with E-state index in [0.717, 1.165) is 0 Å². The van der Waals surface area contributed by atoms with Crippen molar-refractivity contribution in [3.63, 3.8) is 0 Å². The average molecular weight is 142 g/mol. The van der Waals surface area contributed by atoms with Crippen LogP contribution in [-0.4, -0.2) is 6.16 Å². The third kappa shape index (κ3) is 5.01. The smallest absolute Gasteiger partial charge is 0.258 e. The summed E-state index contributed by atoms with van der Waals surface area (Å²) in [6, 6.07) is 0. The van der Waals surface area contributed by atoms with Gasteiger partial charge in [0, 0.05) is 6.92 Å². The number of rotatable bonds is 2. The van der Waals surface area contributed by atoms with Crippen LogP contribution in [-0.2, 0) is 9.09 Å². The summed E-state index contributed by atoms with van der Waals surface area (Å²) in [5, 5.41) is 0. The van der Waals surface area contributed by atoms with Gasteiger partial charge < -0.3 is 4.52 Å². The highest BCUT2D eigenvalue weighted by Crippen LogP contribution is 2.18. The van der Waals surface area contributed by atoms with Gasteiger partial charge in [-0.2, -0.15) is 0 Å². The van der Waals surface area contributed by atoms with Crippen molar-refractivity contribution in [1.29, 1.82) is 0 Å². The van der Waals surface area contributed by atoms with Crippen LogP contribution in [0.1, 0.15) is 6.92 Å². The average Bonchev–Trinajstić information content (AvgIpc) is 1.85. The van der Waals surface area contributed by atoms with E-state index in [2.05, 4.69) is 22.5 Å². The molecule has 0 fully saturated rings. The maximum atomic E-state index is 10.5. The highest BCUT2D eigenvalue weighted by molar-refractivity contribution is 7.39. The maximum Gasteiger partial charge on any atom is 0.258 e. The standard InChI is InChI=1S/C6H7O2P/c1-3-5-8-9(7)6-4-2/h2,9H,6H2,1H3. The minimum absolute atomic E-state index is 0.166. The predicted octanol–water partition coefficient (Wildman–Crippen LogP) is 1.09. The summed E-state index contributed by atoms with van der Waals surface area (Å²) >= 11 is 0. The zero-order valence-corrected chi connectivity index (χ0v) is 6.10. The molecular formula is C6H7O2P. The minimum Gasteiger partial charge on any atom is -0.393 e. The lowest BCUT2D eigenvalue weighted by molar-refractivity contribution is 0.488. The lowest BCUT2D eigenvalue weighted by Crippen LogP contribution is -1.71. The van der Waals surface area contributed by atoms with Gasteiger partial charge in [-0.15, -0.1) is 6.42 Å². The second kappa shape index (κ2) is 5.29. The van der Waals surface area contributed by atoms with Gasteiger partial charge in [0.25, 0.3) is 8.03 Å². The predicted molar refractivity (Wildman–Crippen MR) is 37.2 cm³/mol. The monoisotopic (exact) mass is 142 g/mol. The van der Waals surface area contributed by atoms with Crippen LogP contribution in [0.5, 0.6) is 0 Å². The first-order chi connectivity index (χ1) is 4.31. The molecule has 0 spiro atoms. The largest absolute Gasteiger partial charge is 0.393 e. The van der Waals surface area contributed by atoms with E-state index in [4.69, 9.17) is 6.42 Å². The first-order valence-corrected chi connectivity index (χ1v) is 3.88. The zero-order chi connectivity index (χ0) is 7.11. The third-order valence-corrected chi connectivity index (χ3v) is 1.34. The summed E-state index contributed by atoms with van der Waals surface area (Å²) in [5.74, 6) is 4.66. The molecule has 0 aromatic carbocycles. The van der Waals surface area contributed by atoms with Gasteiger partial charge in [-0.25, -0.2) is 0 Å². The van der Waals surface area contributed by atoms with Crippen molar-refractivity contribution >= 4 is 8.03 Å². The van der Waals surface area contributed by atoms with E-state index in [1.165, 1.54) is 0 Å². The molecule has 0 rings (SSSR count). The molecule has 0 saturated heterocycles. The summed E-state index contributed by atoms with van der Waals surface area (Å²) < 4.78 is 15.0. The summed E-state index contributed by atoms with van der Waals surface area (Å²) in [7, 11) is -2.06. The van der Waals surface area contributed by atoms with Crippen molar-refractivity contribution in [2.75, 3.05) is 6.16 Å². The Morgan fingerprint density at radius 1 is 1.78 bits per heavy atom. The molecule has 48 valence electrons. The van der Waals surface area contributed by atoms with Gasteiger partial charge in [0.1, 0.15) is 6.11 Å². The fourth-order valence-electron chi connectivity index (χ4n) is 0.227. The van der Waals surface area contributed by atoms with Gasteiger partial charge >= 0.3 is 0 Å². The molecule has 0 heterocycles. The molecule has 0 saturated carbocycles. The van der Waals surface area contributed by atoms with Crippen LogP contribution >= 0.6 is 8.03 Å². The molecule has 0 N–H and O–H groups in total. The molecule has 0 aliphatic rings. The van der Waals surface area contributed by atoms with Crippen molar-refractivity contribution in [2.24, 2.45) is 0 Å². The molecule has 0 radical (unpaired) electrons. The summed E-state index contributed by atoms with van der Waals surface area (Å²) in [4.78, 5) is 0. The van der Waals surface area contributed by atoms with Gasteiger partial charge in [0.2, 0.25) is 0 Å². The summed E-state index contributed by atoms with van der Waals surface area (Å²) in [6.45, 7) is 1.60. The molecule has 0 aromatic heterocycles. The number of hydrogen-bond donors (Lipinski definition) is 0. The lowest BCUT2D eigenvalue weighted by atomic mass is 10.8. The molecule has 2 nitrogen and oxygen atoms in total. The fourth-order valence-corrected chi connectivity index (χ4v) is 0.682. The Balaban J connectivity index is 3.50. The van der Waals surface area contributed by atoms with Crippen LogP contribution in [0.15, 0.2) is 0 Å². The van der Waals surface area contributed by atoms with Gasteiger partial charge in [-0.05, 0) is 0 Å². The van der Waals surface area contributed by atoms with E-state index in [1.54, 1.807) is 6.92 Å². The van der Waals surface area contributed by atoms with Crippen molar-refractivity contribution in [1.82, 2.24) is 0 Å². The molecule has 9 heavy (non-hydrogen) atoms. The van der Waals surface area contributed by atoms with Crippen molar-refractivity contribution in [3.05, 3.63) is 0 Å². The second-order valence-electron chi connectivity index (χ2n) is 1.21. The third-order valence-electron chi connectivity index (χ3n) is 0.513. The van der Waals surface area contributed by atoms with E-state index in [-0.39, 0.29) is 6.16 Å². The van der Waals surface area contributed by atoms with E-state index in [1.807, 2.05) is 0 Å². The van der Waals surface area contributed by atoms with Gasteiger partial charge in [0.15, 0.2) is 0 Å². The minimum atomic E-state index is -2.06. The first-order valence-electron chi connectivity index (χ1n) is 2.36. The van der Waals surface area contributed by atoms with Gasteiger partial charge in [-0.3, -0.25) is 4.57 Å². The Labute approximate surface area is 55.5 Å². The molecule has 0 aromatic rings. The Bertz CT molecular complexity index is 191. The molecule has 0 bridgehead atoms. The quantitative estimate of drug-likeness (QED) is 0.426. The van der Waals surface area contributed by atoms with Gasteiger partial charge in [-0.1, -0.05) is 11.8 Å². The molecule has 0 aliphatic carbocycles. The maximum absolute atomic E-state index is 10.5. The van der Waals surface area contributed by atoms with Crippen LogP contribution in [0, 0.1) is 24.4 Å². The van der Waals surface area contributed by atoms with Crippen LogP contribution in [0.25, 0.3) is 0 Å². The highest BCUT2D eigenvalue weighted by atomic mass is 31.1. The van der Waals surface area contributed by atoms with Crippen molar-refractivity contribution < 1.29 is 9.09 Å². The highest BCUT2D eigenvalue weighted by Gasteiger charge is 1.90. The molecule has 3 heteroatoms. The van der Waals surface area contributed by atoms with E-state index >= 15 is 0 Å². The zero-order valence-electron chi connectivity index (χ0n) is 5.10. The van der Waals surface area contributed by atoms with E-state index < -0.39 is 8.03 Å². The van der Waals surface area contributed by atoms with Crippen LogP contribution in [0.3, 0.4) is 0 Å². The molecular weight excluding hydrogens is 135 g/mol. The topological polar surface area (TPSA) is 26.3 Å². The van der Waals surface area contributed by atoms with Gasteiger partial charge in [0.05, 0.1) is 6.16 Å². The Morgan fingerprint density at radius 2 is 2.44 bits per heavy atom. The van der Waals surface area contributed by atoms with Crippen LogP contribution < -0.4 is 0 Å². The molecule has 1 atom stereocenters. The second-order valence-corrected chi connectivity index (χ2v) is 2.51. The molecule has 0 amide bonds. The van der Waals surface area contributed by atoms with E-state index in [0.29, 0.717) is 0 Å². The Kier molecular flexibility index (Phi) is 4.79. The first kappa shape index (κ1) is 8.15. The Hall–Kier alpha value is -0.850. The SMILES string of the molecule is C#CC[PH](=O)OC#CC. The van der Waals surface area contributed by atoms with Crippen LogP contribution in [0.4, 0.5) is 0 Å². The van der Waals surface area contributed by atoms with Crippen molar-refractivity contribution in [3.8, 4) is 24.4 Å². The van der Waals surface area contributed by atoms with E-state index in [9.17, 15) is 4.57 Å². The normalized spacial score (nSPS) is 10.2. The number of terminal acetylenes is 1. The van der Waals surface area contributed by atoms with Crippen LogP contribution in [0.2, 0.25) is 0 Å². The number of hydrogen-bond acceptors (Lipinski definition) is 2. The Morgan fingerprint density at radius 3 is 2.89 bits per heavy atom. The van der Waals surface area contributed by atoms with Crippen molar-refractivity contribution in [2.45, 2.75) is 6.92 Å². The molecule has 0 aliphatic heterocycles. The summed E-state index contributed by atoms with van der Waals surface area (Å²) in [6.07, 6.45) is 7.23. The summed E-state index contributed by atoms with van der Waals surface area (Å²) in [5.41, 5.74) is 0. The lowest BCUT2D eigenvalue weighted by Gasteiger charge is -1.88. The molecule has 1 unspecified atom stereocenters. The fraction of sp³-hybridized carbons (Fsp3) is 0.333.